The maximum Gasteiger partial charge on any atom is 0.0461 e. The van der Waals surface area contributed by atoms with Crippen LogP contribution < -0.4 is 5.73 Å². The van der Waals surface area contributed by atoms with E-state index in [1.807, 2.05) is 6.07 Å². The zero-order valence-electron chi connectivity index (χ0n) is 9.75. The maximum atomic E-state index is 5.90. The molecule has 1 heterocycles. The number of nitrogens with zero attached hydrogens (tertiary/aromatic N) is 1. The highest BCUT2D eigenvalue weighted by Gasteiger charge is 2.22. The molecule has 3 heteroatoms. The minimum Gasteiger partial charge on any atom is -0.398 e. The molecule has 1 aliphatic heterocycles. The summed E-state index contributed by atoms with van der Waals surface area (Å²) in [6.45, 7) is 4.55. The highest BCUT2D eigenvalue weighted by Crippen LogP contribution is 2.25. The van der Waals surface area contributed by atoms with Crippen molar-refractivity contribution in [1.82, 2.24) is 4.90 Å². The van der Waals surface area contributed by atoms with Crippen LogP contribution in [-0.4, -0.2) is 17.5 Å². The zero-order chi connectivity index (χ0) is 11.5. The summed E-state index contributed by atoms with van der Waals surface area (Å²) in [4.78, 5) is 2.57. The van der Waals surface area contributed by atoms with Crippen molar-refractivity contribution in [3.63, 3.8) is 0 Å². The molecule has 0 aliphatic carbocycles. The molecule has 0 amide bonds. The molecule has 88 valence electrons. The molecule has 1 aliphatic rings. The Hall–Kier alpha value is -0.540. The first-order chi connectivity index (χ1) is 7.70. The second kappa shape index (κ2) is 5.19. The Bertz CT molecular complexity index is 365. The number of benzene rings is 1. The summed E-state index contributed by atoms with van der Waals surface area (Å²) in [6, 6.07) is 7.05. The van der Waals surface area contributed by atoms with Gasteiger partial charge in [-0.25, -0.2) is 0 Å². The van der Waals surface area contributed by atoms with Crippen molar-refractivity contribution in [3.05, 3.63) is 28.2 Å². The van der Waals surface area contributed by atoms with Gasteiger partial charge in [-0.05, 0) is 59.4 Å². The normalized spacial score (nSPS) is 21.5. The van der Waals surface area contributed by atoms with Crippen molar-refractivity contribution >= 4 is 21.6 Å². The number of nitrogen functional groups attached to an aromatic ring is 1. The van der Waals surface area contributed by atoms with Crippen molar-refractivity contribution in [3.8, 4) is 0 Å². The molecule has 1 unspecified atom stereocenters. The predicted molar refractivity (Wildman–Crippen MR) is 72.3 cm³/mol. The smallest absolute Gasteiger partial charge is 0.0461 e. The van der Waals surface area contributed by atoms with Gasteiger partial charge in [0.05, 0.1) is 0 Å². The van der Waals surface area contributed by atoms with Gasteiger partial charge in [0, 0.05) is 22.7 Å². The summed E-state index contributed by atoms with van der Waals surface area (Å²) in [5.41, 5.74) is 8.05. The summed E-state index contributed by atoms with van der Waals surface area (Å²) >= 11 is 3.43. The van der Waals surface area contributed by atoms with E-state index in [9.17, 15) is 0 Å². The predicted octanol–water partition coefficient (Wildman–Crippen LogP) is 3.41. The van der Waals surface area contributed by atoms with Crippen LogP contribution in [0.1, 0.15) is 31.7 Å². The van der Waals surface area contributed by atoms with Crippen LogP contribution >= 0.6 is 15.9 Å². The fourth-order valence-corrected chi connectivity index (χ4v) is 2.74. The summed E-state index contributed by atoms with van der Waals surface area (Å²) in [5.74, 6) is 0. The fraction of sp³-hybridized carbons (Fsp3) is 0.538. The van der Waals surface area contributed by atoms with Gasteiger partial charge in [0.1, 0.15) is 0 Å². The van der Waals surface area contributed by atoms with Gasteiger partial charge < -0.3 is 5.73 Å². The molecular formula is C13H19BrN2. The van der Waals surface area contributed by atoms with Crippen LogP contribution in [0.5, 0.6) is 0 Å². The van der Waals surface area contributed by atoms with Gasteiger partial charge in [-0.3, -0.25) is 4.90 Å². The van der Waals surface area contributed by atoms with Crippen molar-refractivity contribution in [2.24, 2.45) is 0 Å². The summed E-state index contributed by atoms with van der Waals surface area (Å²) in [5, 5.41) is 0. The van der Waals surface area contributed by atoms with E-state index in [0.29, 0.717) is 0 Å². The lowest BCUT2D eigenvalue weighted by atomic mass is 10.1. The van der Waals surface area contributed by atoms with Gasteiger partial charge in [-0.1, -0.05) is 13.0 Å². The van der Waals surface area contributed by atoms with E-state index in [1.165, 1.54) is 31.4 Å². The summed E-state index contributed by atoms with van der Waals surface area (Å²) < 4.78 is 0.990. The van der Waals surface area contributed by atoms with Gasteiger partial charge in [0.15, 0.2) is 0 Å². The molecule has 0 saturated carbocycles. The van der Waals surface area contributed by atoms with E-state index in [4.69, 9.17) is 5.73 Å². The second-order valence-electron chi connectivity index (χ2n) is 4.53. The number of rotatable bonds is 3. The van der Waals surface area contributed by atoms with E-state index < -0.39 is 0 Å². The topological polar surface area (TPSA) is 29.3 Å². The standard InChI is InChI=1S/C13H19BrN2/c1-2-11-4-3-7-16(11)9-10-5-6-12(14)13(15)8-10/h5-6,8,11H,2-4,7,9,15H2,1H3. The molecule has 0 bridgehead atoms. The minimum absolute atomic E-state index is 0.768. The van der Waals surface area contributed by atoms with Crippen LogP contribution in [0, 0.1) is 0 Å². The van der Waals surface area contributed by atoms with Crippen molar-refractivity contribution in [1.29, 1.82) is 0 Å². The molecule has 1 saturated heterocycles. The van der Waals surface area contributed by atoms with E-state index in [1.54, 1.807) is 0 Å². The molecule has 0 aromatic heterocycles. The van der Waals surface area contributed by atoms with Crippen LogP contribution in [0.15, 0.2) is 22.7 Å². The van der Waals surface area contributed by atoms with Gasteiger partial charge in [-0.15, -0.1) is 0 Å². The number of likely N-dealkylation sites (tertiary alicyclic amines) is 1. The van der Waals surface area contributed by atoms with E-state index in [2.05, 4.69) is 39.9 Å². The number of anilines is 1. The van der Waals surface area contributed by atoms with Gasteiger partial charge in [-0.2, -0.15) is 0 Å². The lowest BCUT2D eigenvalue weighted by molar-refractivity contribution is 0.240. The Balaban J connectivity index is 2.05. The quantitative estimate of drug-likeness (QED) is 0.861. The average molecular weight is 283 g/mol. The van der Waals surface area contributed by atoms with Crippen LogP contribution in [-0.2, 0) is 6.54 Å². The minimum atomic E-state index is 0.768. The summed E-state index contributed by atoms with van der Waals surface area (Å²) in [7, 11) is 0. The van der Waals surface area contributed by atoms with Crippen LogP contribution in [0.2, 0.25) is 0 Å². The average Bonchev–Trinajstić information content (AvgIpc) is 2.71. The maximum absolute atomic E-state index is 5.90. The van der Waals surface area contributed by atoms with Crippen molar-refractivity contribution in [2.45, 2.75) is 38.8 Å². The van der Waals surface area contributed by atoms with E-state index >= 15 is 0 Å². The molecule has 1 atom stereocenters. The van der Waals surface area contributed by atoms with Gasteiger partial charge >= 0.3 is 0 Å². The van der Waals surface area contributed by atoms with Crippen LogP contribution in [0.3, 0.4) is 0 Å². The molecule has 16 heavy (non-hydrogen) atoms. The van der Waals surface area contributed by atoms with Gasteiger partial charge in [0.2, 0.25) is 0 Å². The fourth-order valence-electron chi connectivity index (χ4n) is 2.49. The highest BCUT2D eigenvalue weighted by atomic mass is 79.9. The third kappa shape index (κ3) is 2.58. The number of nitrogens with two attached hydrogens (primary N) is 1. The Morgan fingerprint density at radius 1 is 1.50 bits per heavy atom. The largest absolute Gasteiger partial charge is 0.398 e. The molecular weight excluding hydrogens is 264 g/mol. The molecule has 0 spiro atoms. The SMILES string of the molecule is CCC1CCCN1Cc1ccc(Br)c(N)c1. The molecule has 2 rings (SSSR count). The molecule has 0 radical (unpaired) electrons. The van der Waals surface area contributed by atoms with Crippen LogP contribution in [0.25, 0.3) is 0 Å². The second-order valence-corrected chi connectivity index (χ2v) is 5.38. The summed E-state index contributed by atoms with van der Waals surface area (Å²) in [6.07, 6.45) is 3.94. The van der Waals surface area contributed by atoms with E-state index in [-0.39, 0.29) is 0 Å². The molecule has 1 aromatic carbocycles. The lowest BCUT2D eigenvalue weighted by Crippen LogP contribution is -2.28. The molecule has 1 aromatic rings. The Morgan fingerprint density at radius 3 is 3.00 bits per heavy atom. The first kappa shape index (κ1) is 11.9. The van der Waals surface area contributed by atoms with Crippen LogP contribution in [0.4, 0.5) is 5.69 Å². The van der Waals surface area contributed by atoms with E-state index in [0.717, 1.165) is 22.7 Å². The number of hydrogen-bond acceptors (Lipinski definition) is 2. The Morgan fingerprint density at radius 2 is 2.31 bits per heavy atom. The third-order valence-corrected chi connectivity index (χ3v) is 4.14. The molecule has 2 N–H and O–H groups in total. The molecule has 2 nitrogen and oxygen atoms in total. The number of hydrogen-bond donors (Lipinski definition) is 1. The lowest BCUT2D eigenvalue weighted by Gasteiger charge is -2.23. The van der Waals surface area contributed by atoms with Gasteiger partial charge in [0.25, 0.3) is 0 Å². The zero-order valence-corrected chi connectivity index (χ0v) is 11.3. The third-order valence-electron chi connectivity index (χ3n) is 3.42. The first-order valence-electron chi connectivity index (χ1n) is 5.98. The Labute approximate surface area is 106 Å². The first-order valence-corrected chi connectivity index (χ1v) is 6.78. The number of halogens is 1. The highest BCUT2D eigenvalue weighted by molar-refractivity contribution is 9.10. The molecule has 1 fully saturated rings. The Kier molecular flexibility index (Phi) is 3.87. The monoisotopic (exact) mass is 282 g/mol. The van der Waals surface area contributed by atoms with Crippen molar-refractivity contribution in [2.75, 3.05) is 12.3 Å². The van der Waals surface area contributed by atoms with Crippen molar-refractivity contribution < 1.29 is 0 Å².